The molecule has 0 fully saturated rings. The Labute approximate surface area is 147 Å². The Bertz CT molecular complexity index is 714. The molecule has 1 heterocycles. The Hall–Kier alpha value is -2.54. The number of aromatic amines is 1. The summed E-state index contributed by atoms with van der Waals surface area (Å²) in [7, 11) is 3.14. The van der Waals surface area contributed by atoms with E-state index in [-0.39, 0.29) is 24.5 Å². The lowest BCUT2D eigenvalue weighted by atomic mass is 10.00. The number of ether oxygens (including phenoxy) is 2. The van der Waals surface area contributed by atoms with Gasteiger partial charge in [0, 0.05) is 5.56 Å². The average Bonchev–Trinajstić information content (AvgIpc) is 3.14. The third-order valence-corrected chi connectivity index (χ3v) is 4.35. The number of hydrogen-bond donors (Lipinski definition) is 3. The van der Waals surface area contributed by atoms with Crippen LogP contribution in [0.1, 0.15) is 30.8 Å². The van der Waals surface area contributed by atoms with Crippen LogP contribution in [0.2, 0.25) is 0 Å². The van der Waals surface area contributed by atoms with Crippen molar-refractivity contribution in [2.45, 2.75) is 26.3 Å². The fraction of sp³-hybridized carbons (Fsp3) is 0.444. The van der Waals surface area contributed by atoms with Crippen LogP contribution in [0.5, 0.6) is 11.5 Å². The second-order valence-electron chi connectivity index (χ2n) is 5.88. The lowest BCUT2D eigenvalue weighted by Crippen LogP contribution is -2.42. The van der Waals surface area contributed by atoms with E-state index in [4.69, 9.17) is 9.47 Å². The van der Waals surface area contributed by atoms with E-state index in [9.17, 15) is 9.90 Å². The van der Waals surface area contributed by atoms with Gasteiger partial charge in [-0.3, -0.25) is 9.89 Å². The maximum absolute atomic E-state index is 12.4. The van der Waals surface area contributed by atoms with Crippen molar-refractivity contribution in [3.8, 4) is 22.8 Å². The van der Waals surface area contributed by atoms with Gasteiger partial charge >= 0.3 is 0 Å². The second-order valence-corrected chi connectivity index (χ2v) is 5.88. The molecule has 0 spiro atoms. The summed E-state index contributed by atoms with van der Waals surface area (Å²) in [6.07, 6.45) is 0.866. The monoisotopic (exact) mass is 347 g/mol. The number of nitrogens with one attached hydrogen (secondary N) is 2. The number of carbonyl (C=O) groups is 1. The molecule has 2 aromatic rings. The molecule has 7 nitrogen and oxygen atoms in total. The number of aliphatic hydroxyl groups excluding tert-OH is 1. The molecule has 0 aliphatic rings. The molecule has 3 N–H and O–H groups in total. The van der Waals surface area contributed by atoms with Crippen molar-refractivity contribution in [3.63, 3.8) is 0 Å². The molecule has 1 aromatic heterocycles. The van der Waals surface area contributed by atoms with E-state index in [2.05, 4.69) is 15.5 Å². The normalized spacial score (nSPS) is 13.2. The van der Waals surface area contributed by atoms with Gasteiger partial charge in [-0.15, -0.1) is 0 Å². The standard InChI is InChI=1S/C18H25N3O4/c1-5-11(2)15(10-22)19-18(23)14-9-13(20-21-14)12-6-7-16(24-3)17(8-12)25-4/h6-9,11,15,22H,5,10H2,1-4H3,(H,19,23)(H,20,21)/t11-,15-/m0/s1. The SMILES string of the molecule is CC[C@H](C)[C@H](CO)NC(=O)c1cc(-c2ccc(OC)c(OC)c2)n[nH]1. The van der Waals surface area contributed by atoms with Gasteiger partial charge in [-0.05, 0) is 30.2 Å². The minimum Gasteiger partial charge on any atom is -0.493 e. The van der Waals surface area contributed by atoms with Gasteiger partial charge in [-0.2, -0.15) is 5.10 Å². The lowest BCUT2D eigenvalue weighted by molar-refractivity contribution is 0.0886. The molecule has 136 valence electrons. The highest BCUT2D eigenvalue weighted by Gasteiger charge is 2.20. The van der Waals surface area contributed by atoms with E-state index >= 15 is 0 Å². The first-order valence-electron chi connectivity index (χ1n) is 8.23. The molecule has 2 atom stereocenters. The van der Waals surface area contributed by atoms with Crippen LogP contribution in [-0.4, -0.2) is 48.1 Å². The minimum atomic E-state index is -0.293. The quantitative estimate of drug-likeness (QED) is 0.680. The Morgan fingerprint density at radius 2 is 2.00 bits per heavy atom. The fourth-order valence-corrected chi connectivity index (χ4v) is 2.48. The van der Waals surface area contributed by atoms with E-state index < -0.39 is 0 Å². The molecule has 0 saturated heterocycles. The van der Waals surface area contributed by atoms with Crippen molar-refractivity contribution >= 4 is 5.91 Å². The molecule has 0 bridgehead atoms. The number of aliphatic hydroxyl groups is 1. The van der Waals surface area contributed by atoms with Crippen molar-refractivity contribution in [3.05, 3.63) is 30.0 Å². The van der Waals surface area contributed by atoms with Crippen LogP contribution in [-0.2, 0) is 0 Å². The molecular weight excluding hydrogens is 322 g/mol. The smallest absolute Gasteiger partial charge is 0.269 e. The molecule has 0 aliphatic heterocycles. The Morgan fingerprint density at radius 3 is 2.60 bits per heavy atom. The molecule has 1 aromatic carbocycles. The summed E-state index contributed by atoms with van der Waals surface area (Å²) in [6, 6.07) is 6.81. The Morgan fingerprint density at radius 1 is 1.28 bits per heavy atom. The highest BCUT2D eigenvalue weighted by molar-refractivity contribution is 5.93. The number of benzene rings is 1. The summed E-state index contributed by atoms with van der Waals surface area (Å²) in [4.78, 5) is 12.4. The van der Waals surface area contributed by atoms with Gasteiger partial charge in [0.2, 0.25) is 0 Å². The third kappa shape index (κ3) is 4.30. The molecule has 0 aliphatic carbocycles. The van der Waals surface area contributed by atoms with E-state index in [1.165, 1.54) is 0 Å². The van der Waals surface area contributed by atoms with Crippen molar-refractivity contribution in [1.29, 1.82) is 0 Å². The number of methoxy groups -OCH3 is 2. The van der Waals surface area contributed by atoms with Crippen LogP contribution in [0.4, 0.5) is 0 Å². The van der Waals surface area contributed by atoms with E-state index in [1.54, 1.807) is 32.4 Å². The van der Waals surface area contributed by atoms with Crippen molar-refractivity contribution < 1.29 is 19.4 Å². The minimum absolute atomic E-state index is 0.0998. The molecule has 0 saturated carbocycles. The van der Waals surface area contributed by atoms with Gasteiger partial charge in [0.15, 0.2) is 11.5 Å². The number of amides is 1. The van der Waals surface area contributed by atoms with Crippen molar-refractivity contribution in [2.24, 2.45) is 5.92 Å². The largest absolute Gasteiger partial charge is 0.493 e. The maximum atomic E-state index is 12.4. The fourth-order valence-electron chi connectivity index (χ4n) is 2.48. The first-order chi connectivity index (χ1) is 12.0. The highest BCUT2D eigenvalue weighted by atomic mass is 16.5. The average molecular weight is 347 g/mol. The molecule has 25 heavy (non-hydrogen) atoms. The lowest BCUT2D eigenvalue weighted by Gasteiger charge is -2.21. The van der Waals surface area contributed by atoms with Gasteiger partial charge in [0.1, 0.15) is 5.69 Å². The summed E-state index contributed by atoms with van der Waals surface area (Å²) in [5.41, 5.74) is 1.76. The number of carbonyl (C=O) groups excluding carboxylic acids is 1. The highest BCUT2D eigenvalue weighted by Crippen LogP contribution is 2.31. The molecule has 0 unspecified atom stereocenters. The van der Waals surface area contributed by atoms with E-state index in [1.807, 2.05) is 19.9 Å². The van der Waals surface area contributed by atoms with E-state index in [0.717, 1.165) is 12.0 Å². The van der Waals surface area contributed by atoms with Crippen molar-refractivity contribution in [1.82, 2.24) is 15.5 Å². The molecule has 2 rings (SSSR count). The zero-order valence-corrected chi connectivity index (χ0v) is 15.0. The van der Waals surface area contributed by atoms with Gasteiger partial charge in [-0.25, -0.2) is 0 Å². The number of H-pyrrole nitrogens is 1. The molecule has 1 amide bonds. The van der Waals surface area contributed by atoms with Crippen LogP contribution < -0.4 is 14.8 Å². The van der Waals surface area contributed by atoms with Gasteiger partial charge < -0.3 is 19.9 Å². The number of nitrogens with zero attached hydrogens (tertiary/aromatic N) is 1. The van der Waals surface area contributed by atoms with Crippen LogP contribution in [0.15, 0.2) is 24.3 Å². The van der Waals surface area contributed by atoms with Gasteiger partial charge in [0.05, 0.1) is 32.6 Å². The topological polar surface area (TPSA) is 96.5 Å². The maximum Gasteiger partial charge on any atom is 0.269 e. The number of hydrogen-bond acceptors (Lipinski definition) is 5. The second kappa shape index (κ2) is 8.53. The van der Waals surface area contributed by atoms with Crippen LogP contribution >= 0.6 is 0 Å². The summed E-state index contributed by atoms with van der Waals surface area (Å²) in [5, 5.41) is 19.2. The van der Waals surface area contributed by atoms with Crippen molar-refractivity contribution in [2.75, 3.05) is 20.8 Å². The predicted octanol–water partition coefficient (Wildman–Crippen LogP) is 2.23. The summed E-state index contributed by atoms with van der Waals surface area (Å²) < 4.78 is 10.5. The first kappa shape index (κ1) is 18.8. The van der Waals surface area contributed by atoms with Crippen LogP contribution in [0, 0.1) is 5.92 Å². The molecular formula is C18H25N3O4. The van der Waals surface area contributed by atoms with Gasteiger partial charge in [-0.1, -0.05) is 20.3 Å². The predicted molar refractivity (Wildman–Crippen MR) is 94.9 cm³/mol. The summed E-state index contributed by atoms with van der Waals surface area (Å²) in [5.74, 6) is 1.10. The molecule has 0 radical (unpaired) electrons. The zero-order chi connectivity index (χ0) is 18.4. The number of rotatable bonds is 8. The van der Waals surface area contributed by atoms with Crippen LogP contribution in [0.3, 0.4) is 0 Å². The van der Waals surface area contributed by atoms with Crippen LogP contribution in [0.25, 0.3) is 11.3 Å². The Balaban J connectivity index is 2.18. The Kier molecular flexibility index (Phi) is 6.41. The first-order valence-corrected chi connectivity index (χ1v) is 8.23. The van der Waals surface area contributed by atoms with Gasteiger partial charge in [0.25, 0.3) is 5.91 Å². The number of aromatic nitrogens is 2. The summed E-state index contributed by atoms with van der Waals surface area (Å²) in [6.45, 7) is 3.91. The molecule has 7 heteroatoms. The van der Waals surface area contributed by atoms with E-state index in [0.29, 0.717) is 22.9 Å². The zero-order valence-electron chi connectivity index (χ0n) is 15.0. The third-order valence-electron chi connectivity index (χ3n) is 4.35. The summed E-state index contributed by atoms with van der Waals surface area (Å²) >= 11 is 0.